The lowest BCUT2D eigenvalue weighted by Gasteiger charge is -2.13. The molecular formula is C21H31N3O. The molecule has 0 aliphatic carbocycles. The number of aryl methyl sites for hydroxylation is 3. The maximum Gasteiger partial charge on any atom is 0.179 e. The van der Waals surface area contributed by atoms with E-state index in [-0.39, 0.29) is 0 Å². The second-order valence-corrected chi connectivity index (χ2v) is 6.21. The van der Waals surface area contributed by atoms with Gasteiger partial charge in [-0.15, -0.1) is 0 Å². The normalized spacial score (nSPS) is 10.7. The summed E-state index contributed by atoms with van der Waals surface area (Å²) >= 11 is 0. The second kappa shape index (κ2) is 10.7. The molecule has 4 heteroatoms. The fourth-order valence-corrected chi connectivity index (χ4v) is 2.78. The molecule has 1 N–H and O–H groups in total. The van der Waals surface area contributed by atoms with Crippen LogP contribution in [-0.4, -0.2) is 23.1 Å². The highest BCUT2D eigenvalue weighted by Gasteiger charge is 2.08. The summed E-state index contributed by atoms with van der Waals surface area (Å²) in [5, 5.41) is 3.39. The highest BCUT2D eigenvalue weighted by Crippen LogP contribution is 2.22. The molecule has 1 heterocycles. The molecule has 25 heavy (non-hydrogen) atoms. The standard InChI is InChI=1S/C21H31N3O/c1-4-7-14-22-21-19(16-23-20(6-3)24-21)25-15-10-13-18-12-9-8-11-17(18)5-2/h8-9,11-12,16H,4-7,10,13-15H2,1-3H3,(H,22,23,24). The third-order valence-corrected chi connectivity index (χ3v) is 4.29. The van der Waals surface area contributed by atoms with Crippen LogP contribution >= 0.6 is 0 Å². The van der Waals surface area contributed by atoms with Gasteiger partial charge in [-0.25, -0.2) is 9.97 Å². The van der Waals surface area contributed by atoms with Gasteiger partial charge in [-0.05, 0) is 36.8 Å². The van der Waals surface area contributed by atoms with Crippen LogP contribution in [0.4, 0.5) is 5.82 Å². The molecule has 0 aliphatic heterocycles. The summed E-state index contributed by atoms with van der Waals surface area (Å²) < 4.78 is 5.98. The molecule has 1 aromatic heterocycles. The van der Waals surface area contributed by atoms with E-state index in [1.807, 2.05) is 0 Å². The van der Waals surface area contributed by atoms with Crippen LogP contribution in [0.25, 0.3) is 0 Å². The number of hydrogen-bond donors (Lipinski definition) is 1. The molecule has 0 spiro atoms. The zero-order valence-electron chi connectivity index (χ0n) is 15.8. The third-order valence-electron chi connectivity index (χ3n) is 4.29. The van der Waals surface area contributed by atoms with E-state index in [0.29, 0.717) is 6.61 Å². The smallest absolute Gasteiger partial charge is 0.179 e. The predicted molar refractivity (Wildman–Crippen MR) is 104 cm³/mol. The minimum Gasteiger partial charge on any atom is -0.488 e. The molecular weight excluding hydrogens is 310 g/mol. The van der Waals surface area contributed by atoms with E-state index in [1.54, 1.807) is 6.20 Å². The average Bonchev–Trinajstić information content (AvgIpc) is 2.66. The van der Waals surface area contributed by atoms with Crippen LogP contribution in [0, 0.1) is 0 Å². The summed E-state index contributed by atoms with van der Waals surface area (Å²) in [6.07, 6.45) is 8.02. The lowest BCUT2D eigenvalue weighted by atomic mass is 10.0. The van der Waals surface area contributed by atoms with Crippen LogP contribution < -0.4 is 10.1 Å². The van der Waals surface area contributed by atoms with Gasteiger partial charge in [-0.3, -0.25) is 0 Å². The second-order valence-electron chi connectivity index (χ2n) is 6.21. The van der Waals surface area contributed by atoms with E-state index < -0.39 is 0 Å². The Morgan fingerprint density at radius 1 is 1.00 bits per heavy atom. The van der Waals surface area contributed by atoms with Crippen LogP contribution in [0.1, 0.15) is 57.0 Å². The van der Waals surface area contributed by atoms with Gasteiger partial charge in [0.05, 0.1) is 12.8 Å². The first kappa shape index (κ1) is 19.2. The monoisotopic (exact) mass is 341 g/mol. The molecule has 136 valence electrons. The van der Waals surface area contributed by atoms with Gasteiger partial charge in [0, 0.05) is 13.0 Å². The Labute approximate surface area is 152 Å². The quantitative estimate of drug-likeness (QED) is 0.595. The topological polar surface area (TPSA) is 47.0 Å². The van der Waals surface area contributed by atoms with E-state index in [2.05, 4.69) is 60.3 Å². The van der Waals surface area contributed by atoms with Crippen molar-refractivity contribution in [2.24, 2.45) is 0 Å². The third kappa shape index (κ3) is 6.04. The molecule has 2 rings (SSSR count). The van der Waals surface area contributed by atoms with Gasteiger partial charge in [0.25, 0.3) is 0 Å². The first-order chi connectivity index (χ1) is 12.3. The number of aromatic nitrogens is 2. The Morgan fingerprint density at radius 3 is 2.52 bits per heavy atom. The van der Waals surface area contributed by atoms with Crippen molar-refractivity contribution in [2.45, 2.75) is 59.3 Å². The van der Waals surface area contributed by atoms with E-state index in [4.69, 9.17) is 4.74 Å². The van der Waals surface area contributed by atoms with Crippen LogP contribution in [0.15, 0.2) is 30.5 Å². The molecule has 2 aromatic rings. The van der Waals surface area contributed by atoms with Gasteiger partial charge in [0.15, 0.2) is 11.6 Å². The SMILES string of the molecule is CCCCNc1nc(CC)ncc1OCCCc1ccccc1CC. The van der Waals surface area contributed by atoms with E-state index in [9.17, 15) is 0 Å². The number of hydrogen-bond acceptors (Lipinski definition) is 4. The lowest BCUT2D eigenvalue weighted by Crippen LogP contribution is -2.09. The first-order valence-corrected chi connectivity index (χ1v) is 9.57. The van der Waals surface area contributed by atoms with E-state index >= 15 is 0 Å². The predicted octanol–water partition coefficient (Wildman–Crippen LogP) is 4.83. The molecule has 1 aromatic carbocycles. The fourth-order valence-electron chi connectivity index (χ4n) is 2.78. The van der Waals surface area contributed by atoms with Crippen molar-refractivity contribution in [3.05, 3.63) is 47.4 Å². The molecule has 0 unspecified atom stereocenters. The number of rotatable bonds is 11. The maximum atomic E-state index is 5.98. The summed E-state index contributed by atoms with van der Waals surface area (Å²) in [4.78, 5) is 8.95. The van der Waals surface area contributed by atoms with Crippen molar-refractivity contribution < 1.29 is 4.74 Å². The minimum absolute atomic E-state index is 0.676. The largest absolute Gasteiger partial charge is 0.488 e. The molecule has 0 fully saturated rings. The summed E-state index contributed by atoms with van der Waals surface area (Å²) in [6, 6.07) is 8.65. The Kier molecular flexibility index (Phi) is 8.23. The van der Waals surface area contributed by atoms with E-state index in [0.717, 1.165) is 62.5 Å². The van der Waals surface area contributed by atoms with Gasteiger partial charge >= 0.3 is 0 Å². The molecule has 0 amide bonds. The van der Waals surface area contributed by atoms with Crippen molar-refractivity contribution >= 4 is 5.82 Å². The van der Waals surface area contributed by atoms with E-state index in [1.165, 1.54) is 11.1 Å². The van der Waals surface area contributed by atoms with Crippen LogP contribution in [-0.2, 0) is 19.3 Å². The summed E-state index contributed by atoms with van der Waals surface area (Å²) in [5.74, 6) is 2.44. The van der Waals surface area contributed by atoms with Crippen molar-refractivity contribution in [3.63, 3.8) is 0 Å². The Bertz CT molecular complexity index is 643. The molecule has 0 bridgehead atoms. The van der Waals surface area contributed by atoms with Crippen LogP contribution in [0.5, 0.6) is 5.75 Å². The fraction of sp³-hybridized carbons (Fsp3) is 0.524. The van der Waals surface area contributed by atoms with Gasteiger partial charge in [0.1, 0.15) is 5.82 Å². The number of benzene rings is 1. The molecule has 0 saturated carbocycles. The number of unbranched alkanes of at least 4 members (excludes halogenated alkanes) is 1. The van der Waals surface area contributed by atoms with Gasteiger partial charge in [-0.2, -0.15) is 0 Å². The lowest BCUT2D eigenvalue weighted by molar-refractivity contribution is 0.309. The Balaban J connectivity index is 1.90. The van der Waals surface area contributed by atoms with Crippen molar-refractivity contribution in [3.8, 4) is 5.75 Å². The zero-order chi connectivity index (χ0) is 17.9. The molecule has 0 saturated heterocycles. The molecule has 0 atom stereocenters. The zero-order valence-corrected chi connectivity index (χ0v) is 15.8. The minimum atomic E-state index is 0.676. The maximum absolute atomic E-state index is 5.98. The average molecular weight is 341 g/mol. The Morgan fingerprint density at radius 2 is 1.80 bits per heavy atom. The number of nitrogens with one attached hydrogen (secondary N) is 1. The molecule has 0 radical (unpaired) electrons. The van der Waals surface area contributed by atoms with Crippen molar-refractivity contribution in [1.82, 2.24) is 9.97 Å². The summed E-state index contributed by atoms with van der Waals surface area (Å²) in [7, 11) is 0. The summed E-state index contributed by atoms with van der Waals surface area (Å²) in [5.41, 5.74) is 2.85. The van der Waals surface area contributed by atoms with Crippen LogP contribution in [0.2, 0.25) is 0 Å². The van der Waals surface area contributed by atoms with Crippen molar-refractivity contribution in [1.29, 1.82) is 0 Å². The highest BCUT2D eigenvalue weighted by molar-refractivity contribution is 5.48. The van der Waals surface area contributed by atoms with Gasteiger partial charge in [-0.1, -0.05) is 51.5 Å². The Hall–Kier alpha value is -2.10. The van der Waals surface area contributed by atoms with Gasteiger partial charge < -0.3 is 10.1 Å². The number of anilines is 1. The molecule has 0 aliphatic rings. The van der Waals surface area contributed by atoms with Crippen LogP contribution in [0.3, 0.4) is 0 Å². The summed E-state index contributed by atoms with van der Waals surface area (Å²) in [6.45, 7) is 8.05. The number of ether oxygens (including phenoxy) is 1. The highest BCUT2D eigenvalue weighted by atomic mass is 16.5. The first-order valence-electron chi connectivity index (χ1n) is 9.57. The van der Waals surface area contributed by atoms with Gasteiger partial charge in [0.2, 0.25) is 0 Å². The number of nitrogens with zero attached hydrogens (tertiary/aromatic N) is 2. The van der Waals surface area contributed by atoms with Crippen molar-refractivity contribution in [2.75, 3.05) is 18.5 Å². The molecule has 4 nitrogen and oxygen atoms in total.